The highest BCUT2D eigenvalue weighted by Crippen LogP contribution is 2.31. The summed E-state index contributed by atoms with van der Waals surface area (Å²) >= 11 is 0. The summed E-state index contributed by atoms with van der Waals surface area (Å²) in [5.74, 6) is -0.757. The molecule has 0 amide bonds. The lowest BCUT2D eigenvalue weighted by Crippen LogP contribution is -2.50. The Morgan fingerprint density at radius 2 is 2.00 bits per heavy atom. The minimum absolute atomic E-state index is 0.331. The van der Waals surface area contributed by atoms with Crippen molar-refractivity contribution >= 4 is 5.97 Å². The van der Waals surface area contributed by atoms with Crippen molar-refractivity contribution in [1.82, 2.24) is 0 Å². The molecule has 1 aliphatic rings. The number of hydrogen-bond donors (Lipinski definition) is 1. The van der Waals surface area contributed by atoms with Crippen LogP contribution in [0, 0.1) is 5.41 Å². The molecule has 0 radical (unpaired) electrons. The van der Waals surface area contributed by atoms with E-state index >= 15 is 0 Å². The molecule has 0 spiro atoms. The van der Waals surface area contributed by atoms with Crippen molar-refractivity contribution in [2.75, 3.05) is 13.2 Å². The summed E-state index contributed by atoms with van der Waals surface area (Å²) in [6.45, 7) is 0.661. The van der Waals surface area contributed by atoms with E-state index in [1.165, 1.54) is 0 Å². The number of hydrogen-bond acceptors (Lipinski definition) is 2. The normalized spacial score (nSPS) is 18.6. The molecule has 0 bridgehead atoms. The number of benzene rings is 1. The van der Waals surface area contributed by atoms with Crippen LogP contribution in [0.2, 0.25) is 0 Å². The monoisotopic (exact) mass is 192 g/mol. The molecule has 14 heavy (non-hydrogen) atoms. The molecule has 2 rings (SSSR count). The van der Waals surface area contributed by atoms with Crippen LogP contribution >= 0.6 is 0 Å². The molecule has 0 aliphatic carbocycles. The molecule has 1 heterocycles. The zero-order chi connectivity index (χ0) is 10.0. The molecule has 74 valence electrons. The van der Waals surface area contributed by atoms with Crippen LogP contribution < -0.4 is 0 Å². The second kappa shape index (κ2) is 3.42. The van der Waals surface area contributed by atoms with Gasteiger partial charge in [0.15, 0.2) is 0 Å². The summed E-state index contributed by atoms with van der Waals surface area (Å²) in [6.07, 6.45) is 0.559. The third-order valence-corrected chi connectivity index (χ3v) is 2.60. The number of rotatable bonds is 3. The molecule has 0 aromatic heterocycles. The van der Waals surface area contributed by atoms with E-state index in [1.807, 2.05) is 30.3 Å². The highest BCUT2D eigenvalue weighted by Gasteiger charge is 2.46. The van der Waals surface area contributed by atoms with Gasteiger partial charge in [-0.25, -0.2) is 0 Å². The number of ether oxygens (including phenoxy) is 1. The fourth-order valence-electron chi connectivity index (χ4n) is 1.64. The molecule has 0 atom stereocenters. The van der Waals surface area contributed by atoms with Crippen LogP contribution in [0.4, 0.5) is 0 Å². The Balaban J connectivity index is 2.13. The Hall–Kier alpha value is -1.35. The van der Waals surface area contributed by atoms with Crippen molar-refractivity contribution in [2.45, 2.75) is 6.42 Å². The lowest BCUT2D eigenvalue weighted by Gasteiger charge is -2.37. The minimum atomic E-state index is -0.757. The second-order valence-corrected chi connectivity index (χ2v) is 3.74. The van der Waals surface area contributed by atoms with E-state index in [1.54, 1.807) is 0 Å². The second-order valence-electron chi connectivity index (χ2n) is 3.74. The van der Waals surface area contributed by atoms with E-state index in [0.29, 0.717) is 19.6 Å². The summed E-state index contributed by atoms with van der Waals surface area (Å²) in [6, 6.07) is 9.66. The molecule has 1 N–H and O–H groups in total. The molecule has 0 saturated carbocycles. The molecule has 1 aliphatic heterocycles. The Morgan fingerprint density at radius 1 is 1.36 bits per heavy atom. The van der Waals surface area contributed by atoms with Gasteiger partial charge < -0.3 is 9.84 Å². The zero-order valence-corrected chi connectivity index (χ0v) is 7.77. The summed E-state index contributed by atoms with van der Waals surface area (Å²) < 4.78 is 4.99. The maximum atomic E-state index is 11.0. The first kappa shape index (κ1) is 9.21. The first-order valence-corrected chi connectivity index (χ1v) is 4.58. The van der Waals surface area contributed by atoms with Gasteiger partial charge in [0.1, 0.15) is 5.41 Å². The number of carboxylic acids is 1. The van der Waals surface area contributed by atoms with Crippen LogP contribution in [-0.2, 0) is 16.0 Å². The molecular formula is C11H12O3. The van der Waals surface area contributed by atoms with E-state index in [9.17, 15) is 4.79 Å². The SMILES string of the molecule is O=C(O)C1(Cc2ccccc2)COC1. The zero-order valence-electron chi connectivity index (χ0n) is 7.77. The van der Waals surface area contributed by atoms with Gasteiger partial charge >= 0.3 is 5.97 Å². The topological polar surface area (TPSA) is 46.5 Å². The average Bonchev–Trinajstić information content (AvgIpc) is 2.12. The summed E-state index contributed by atoms with van der Waals surface area (Å²) in [4.78, 5) is 11.0. The summed E-state index contributed by atoms with van der Waals surface area (Å²) in [5, 5.41) is 9.07. The molecular weight excluding hydrogens is 180 g/mol. The molecule has 1 aromatic carbocycles. The van der Waals surface area contributed by atoms with E-state index in [2.05, 4.69) is 0 Å². The van der Waals surface area contributed by atoms with Gasteiger partial charge in [0, 0.05) is 0 Å². The van der Waals surface area contributed by atoms with Crippen LogP contribution in [0.3, 0.4) is 0 Å². The van der Waals surface area contributed by atoms with Crippen molar-refractivity contribution in [3.05, 3.63) is 35.9 Å². The maximum absolute atomic E-state index is 11.0. The highest BCUT2D eigenvalue weighted by atomic mass is 16.5. The van der Waals surface area contributed by atoms with Crippen LogP contribution in [0.1, 0.15) is 5.56 Å². The van der Waals surface area contributed by atoms with Gasteiger partial charge in [-0.15, -0.1) is 0 Å². The lowest BCUT2D eigenvalue weighted by molar-refractivity contribution is -0.179. The fraction of sp³-hybridized carbons (Fsp3) is 0.364. The van der Waals surface area contributed by atoms with Crippen molar-refractivity contribution in [3.63, 3.8) is 0 Å². The van der Waals surface area contributed by atoms with Crippen molar-refractivity contribution in [1.29, 1.82) is 0 Å². The molecule has 3 nitrogen and oxygen atoms in total. The Morgan fingerprint density at radius 3 is 2.43 bits per heavy atom. The third-order valence-electron chi connectivity index (χ3n) is 2.60. The summed E-state index contributed by atoms with van der Waals surface area (Å²) in [7, 11) is 0. The van der Waals surface area contributed by atoms with Crippen LogP contribution in [0.5, 0.6) is 0 Å². The standard InChI is InChI=1S/C11H12O3/c12-10(13)11(7-14-8-11)6-9-4-2-1-3-5-9/h1-5H,6-8H2,(H,12,13). The van der Waals surface area contributed by atoms with E-state index in [4.69, 9.17) is 9.84 Å². The van der Waals surface area contributed by atoms with Gasteiger partial charge in [-0.1, -0.05) is 30.3 Å². The van der Waals surface area contributed by atoms with Gasteiger partial charge in [0.2, 0.25) is 0 Å². The van der Waals surface area contributed by atoms with Gasteiger partial charge in [0.05, 0.1) is 13.2 Å². The van der Waals surface area contributed by atoms with E-state index in [0.717, 1.165) is 5.56 Å². The number of aliphatic carboxylic acids is 1. The number of carboxylic acid groups (broad SMARTS) is 1. The Kier molecular flexibility index (Phi) is 2.25. The number of carbonyl (C=O) groups is 1. The van der Waals surface area contributed by atoms with Crippen molar-refractivity contribution < 1.29 is 14.6 Å². The molecule has 1 fully saturated rings. The van der Waals surface area contributed by atoms with Gasteiger partial charge in [-0.2, -0.15) is 0 Å². The van der Waals surface area contributed by atoms with E-state index < -0.39 is 11.4 Å². The lowest BCUT2D eigenvalue weighted by atomic mass is 9.80. The largest absolute Gasteiger partial charge is 0.481 e. The van der Waals surface area contributed by atoms with Crippen molar-refractivity contribution in [2.24, 2.45) is 5.41 Å². The summed E-state index contributed by atoms with van der Waals surface area (Å²) in [5.41, 5.74) is 0.375. The predicted molar refractivity (Wildman–Crippen MR) is 51.0 cm³/mol. The quantitative estimate of drug-likeness (QED) is 0.785. The van der Waals surface area contributed by atoms with Crippen LogP contribution in [0.15, 0.2) is 30.3 Å². The first-order chi connectivity index (χ1) is 6.73. The Labute approximate surface area is 82.3 Å². The van der Waals surface area contributed by atoms with E-state index in [-0.39, 0.29) is 0 Å². The molecule has 3 heteroatoms. The van der Waals surface area contributed by atoms with Gasteiger partial charge in [-0.05, 0) is 12.0 Å². The highest BCUT2D eigenvalue weighted by molar-refractivity contribution is 5.76. The van der Waals surface area contributed by atoms with Gasteiger partial charge in [0.25, 0.3) is 0 Å². The van der Waals surface area contributed by atoms with Gasteiger partial charge in [-0.3, -0.25) is 4.79 Å². The smallest absolute Gasteiger partial charge is 0.314 e. The third kappa shape index (κ3) is 1.51. The fourth-order valence-corrected chi connectivity index (χ4v) is 1.64. The maximum Gasteiger partial charge on any atom is 0.314 e. The Bertz CT molecular complexity index is 328. The molecule has 1 aromatic rings. The minimum Gasteiger partial charge on any atom is -0.481 e. The van der Waals surface area contributed by atoms with Crippen LogP contribution in [0.25, 0.3) is 0 Å². The molecule has 0 unspecified atom stereocenters. The van der Waals surface area contributed by atoms with Crippen LogP contribution in [-0.4, -0.2) is 24.3 Å². The van der Waals surface area contributed by atoms with Crippen molar-refractivity contribution in [3.8, 4) is 0 Å². The molecule has 1 saturated heterocycles. The average molecular weight is 192 g/mol. The first-order valence-electron chi connectivity index (χ1n) is 4.58. The predicted octanol–water partition coefficient (Wildman–Crippen LogP) is 1.33.